The van der Waals surface area contributed by atoms with E-state index >= 15 is 0 Å². The van der Waals surface area contributed by atoms with Crippen LogP contribution in [0.25, 0.3) is 22.2 Å². The van der Waals surface area contributed by atoms with Crippen molar-refractivity contribution < 1.29 is 14.0 Å². The number of carbonyl (C=O) groups excluding carboxylic acids is 2. The van der Waals surface area contributed by atoms with E-state index < -0.39 is 5.54 Å². The number of amides is 2. The molecule has 150 valence electrons. The molecule has 1 aliphatic rings. The molecule has 8 nitrogen and oxygen atoms in total. The fraction of sp³-hybridized carbons (Fsp3) is 0.250. The highest BCUT2D eigenvalue weighted by molar-refractivity contribution is 6.02. The molecule has 2 aromatic carbocycles. The van der Waals surface area contributed by atoms with Crippen molar-refractivity contribution in [3.05, 3.63) is 48.3 Å². The van der Waals surface area contributed by atoms with Crippen LogP contribution in [0.15, 0.2) is 42.5 Å². The highest BCUT2D eigenvalue weighted by atomic mass is 19.1. The molecule has 1 aromatic heterocycles. The number of benzene rings is 2. The maximum absolute atomic E-state index is 13.3. The summed E-state index contributed by atoms with van der Waals surface area (Å²) in [6, 6.07) is 11.5. The van der Waals surface area contributed by atoms with Gasteiger partial charge in [0.05, 0.1) is 5.52 Å². The largest absolute Gasteiger partial charge is 0.343 e. The zero-order valence-electron chi connectivity index (χ0n) is 15.8. The van der Waals surface area contributed by atoms with Gasteiger partial charge in [0.1, 0.15) is 17.1 Å². The van der Waals surface area contributed by atoms with E-state index in [-0.39, 0.29) is 11.7 Å². The SMILES string of the molecule is CNn1nc(-c2ccc(F)cc2)c2cc(NC(=O)C3(NC=O)CCNC3)ccc21. The van der Waals surface area contributed by atoms with Crippen LogP contribution in [0.4, 0.5) is 10.1 Å². The summed E-state index contributed by atoms with van der Waals surface area (Å²) >= 11 is 0. The lowest BCUT2D eigenvalue weighted by Crippen LogP contribution is -2.55. The summed E-state index contributed by atoms with van der Waals surface area (Å²) in [7, 11) is 1.75. The summed E-state index contributed by atoms with van der Waals surface area (Å²) in [4.78, 5) is 25.5. The van der Waals surface area contributed by atoms with Crippen LogP contribution in [0.2, 0.25) is 0 Å². The second kappa shape index (κ2) is 7.51. The number of halogens is 1. The van der Waals surface area contributed by atoms with Gasteiger partial charge in [-0.15, -0.1) is 0 Å². The molecule has 0 aliphatic carbocycles. The first-order valence-corrected chi connectivity index (χ1v) is 9.26. The number of fused-ring (bicyclic) bond motifs is 1. The Morgan fingerprint density at radius 3 is 2.72 bits per heavy atom. The van der Waals surface area contributed by atoms with Crippen LogP contribution in [0.3, 0.4) is 0 Å². The van der Waals surface area contributed by atoms with Gasteiger partial charge in [-0.2, -0.15) is 9.89 Å². The number of nitrogens with one attached hydrogen (secondary N) is 4. The molecule has 1 fully saturated rings. The molecule has 4 rings (SSSR count). The number of carbonyl (C=O) groups is 2. The van der Waals surface area contributed by atoms with E-state index in [2.05, 4.69) is 26.5 Å². The molecule has 2 heterocycles. The van der Waals surface area contributed by atoms with Crippen molar-refractivity contribution in [1.82, 2.24) is 20.5 Å². The topological polar surface area (TPSA) is 100 Å². The smallest absolute Gasteiger partial charge is 0.251 e. The van der Waals surface area contributed by atoms with Crippen LogP contribution in [0.5, 0.6) is 0 Å². The summed E-state index contributed by atoms with van der Waals surface area (Å²) in [5.41, 5.74) is 4.83. The zero-order valence-corrected chi connectivity index (χ0v) is 15.8. The van der Waals surface area contributed by atoms with E-state index in [1.54, 1.807) is 30.0 Å². The Kier molecular flexibility index (Phi) is 4.89. The van der Waals surface area contributed by atoms with Crippen LogP contribution in [-0.4, -0.2) is 47.9 Å². The molecule has 0 spiro atoms. The summed E-state index contributed by atoms with van der Waals surface area (Å²) in [6.07, 6.45) is 1.07. The Hall–Kier alpha value is -3.46. The van der Waals surface area contributed by atoms with Gasteiger partial charge in [-0.05, 0) is 55.4 Å². The minimum absolute atomic E-state index is 0.279. The van der Waals surface area contributed by atoms with Gasteiger partial charge in [0.15, 0.2) is 0 Å². The Labute approximate surface area is 166 Å². The van der Waals surface area contributed by atoms with Crippen molar-refractivity contribution in [2.24, 2.45) is 0 Å². The lowest BCUT2D eigenvalue weighted by molar-refractivity contribution is -0.125. The minimum atomic E-state index is -0.967. The quantitative estimate of drug-likeness (QED) is 0.473. The zero-order chi connectivity index (χ0) is 20.4. The Balaban J connectivity index is 1.71. The third-order valence-corrected chi connectivity index (χ3v) is 5.19. The van der Waals surface area contributed by atoms with Gasteiger partial charge in [0, 0.05) is 30.2 Å². The highest BCUT2D eigenvalue weighted by Gasteiger charge is 2.41. The number of hydrogen-bond acceptors (Lipinski definition) is 5. The molecular weight excluding hydrogens is 375 g/mol. The van der Waals surface area contributed by atoms with Crippen molar-refractivity contribution in [3.8, 4) is 11.3 Å². The van der Waals surface area contributed by atoms with E-state index in [1.165, 1.54) is 12.1 Å². The Bertz CT molecular complexity index is 1060. The fourth-order valence-electron chi connectivity index (χ4n) is 3.63. The molecule has 3 aromatic rings. The van der Waals surface area contributed by atoms with Crippen LogP contribution < -0.4 is 21.4 Å². The van der Waals surface area contributed by atoms with Gasteiger partial charge in [-0.1, -0.05) is 0 Å². The second-order valence-corrected chi connectivity index (χ2v) is 6.95. The van der Waals surface area contributed by atoms with Crippen LogP contribution in [0, 0.1) is 5.82 Å². The number of rotatable bonds is 6. The normalized spacial score (nSPS) is 18.6. The molecule has 29 heavy (non-hydrogen) atoms. The van der Waals surface area contributed by atoms with Gasteiger partial charge in [0.25, 0.3) is 5.91 Å². The monoisotopic (exact) mass is 396 g/mol. The molecule has 1 unspecified atom stereocenters. The van der Waals surface area contributed by atoms with Gasteiger partial charge in [-0.3, -0.25) is 9.59 Å². The summed E-state index contributed by atoms with van der Waals surface area (Å²) < 4.78 is 13.3. The van der Waals surface area contributed by atoms with Crippen molar-refractivity contribution in [3.63, 3.8) is 0 Å². The van der Waals surface area contributed by atoms with Crippen LogP contribution in [-0.2, 0) is 9.59 Å². The highest BCUT2D eigenvalue weighted by Crippen LogP contribution is 2.30. The van der Waals surface area contributed by atoms with Gasteiger partial charge >= 0.3 is 0 Å². The molecule has 0 saturated carbocycles. The molecule has 1 saturated heterocycles. The Morgan fingerprint density at radius 2 is 2.07 bits per heavy atom. The lowest BCUT2D eigenvalue weighted by atomic mass is 9.97. The molecule has 4 N–H and O–H groups in total. The second-order valence-electron chi connectivity index (χ2n) is 6.95. The Morgan fingerprint density at radius 1 is 1.28 bits per heavy atom. The standard InChI is InChI=1S/C20H21FN6O2/c1-22-27-17-7-6-15(25-19(29)20(24-12-28)8-9-23-11-20)10-16(17)18(26-27)13-2-4-14(21)5-3-13/h2-7,10,12,22-23H,8-9,11H2,1H3,(H,24,28)(H,25,29). The minimum Gasteiger partial charge on any atom is -0.343 e. The fourth-order valence-corrected chi connectivity index (χ4v) is 3.63. The summed E-state index contributed by atoms with van der Waals surface area (Å²) in [5.74, 6) is -0.601. The molecular formula is C20H21FN6O2. The van der Waals surface area contributed by atoms with Crippen molar-refractivity contribution in [2.45, 2.75) is 12.0 Å². The third kappa shape index (κ3) is 3.40. The summed E-state index contributed by atoms with van der Waals surface area (Å²) in [5, 5.41) is 14.0. The average Bonchev–Trinajstić information content (AvgIpc) is 3.34. The predicted molar refractivity (Wildman–Crippen MR) is 108 cm³/mol. The maximum atomic E-state index is 13.3. The molecule has 9 heteroatoms. The maximum Gasteiger partial charge on any atom is 0.251 e. The van der Waals surface area contributed by atoms with Gasteiger partial charge in [0.2, 0.25) is 6.41 Å². The van der Waals surface area contributed by atoms with Crippen molar-refractivity contribution in [2.75, 3.05) is 30.9 Å². The van der Waals surface area contributed by atoms with E-state index in [0.717, 1.165) is 16.5 Å². The molecule has 2 amide bonds. The van der Waals surface area contributed by atoms with Gasteiger partial charge in [-0.25, -0.2) is 4.39 Å². The van der Waals surface area contributed by atoms with E-state index in [9.17, 15) is 14.0 Å². The van der Waals surface area contributed by atoms with Crippen LogP contribution in [0.1, 0.15) is 6.42 Å². The first-order chi connectivity index (χ1) is 14.1. The molecule has 0 bridgehead atoms. The molecule has 1 atom stereocenters. The first-order valence-electron chi connectivity index (χ1n) is 9.26. The summed E-state index contributed by atoms with van der Waals surface area (Å²) in [6.45, 7) is 1.02. The average molecular weight is 396 g/mol. The van der Waals surface area contributed by atoms with E-state index in [4.69, 9.17) is 0 Å². The first kappa shape index (κ1) is 18.9. The van der Waals surface area contributed by atoms with Crippen molar-refractivity contribution in [1.29, 1.82) is 0 Å². The number of aromatic nitrogens is 2. The number of anilines is 1. The predicted octanol–water partition coefficient (Wildman–Crippen LogP) is 1.43. The van der Waals surface area contributed by atoms with E-state index in [0.29, 0.717) is 37.3 Å². The van der Waals surface area contributed by atoms with Crippen LogP contribution >= 0.6 is 0 Å². The lowest BCUT2D eigenvalue weighted by Gasteiger charge is -2.26. The van der Waals surface area contributed by atoms with Gasteiger partial charge < -0.3 is 21.4 Å². The van der Waals surface area contributed by atoms with E-state index in [1.807, 2.05) is 12.1 Å². The number of nitrogens with zero attached hydrogens (tertiary/aromatic N) is 2. The molecule has 0 radical (unpaired) electrons. The third-order valence-electron chi connectivity index (χ3n) is 5.19. The molecule has 1 aliphatic heterocycles. The number of hydrogen-bond donors (Lipinski definition) is 4. The van der Waals surface area contributed by atoms with Crippen molar-refractivity contribution >= 4 is 28.9 Å².